The average molecular weight is 400 g/mol. The molecule has 5 nitrogen and oxygen atoms in total. The summed E-state index contributed by atoms with van der Waals surface area (Å²) in [6, 6.07) is 17.4. The van der Waals surface area contributed by atoms with Crippen LogP contribution in [-0.2, 0) is 11.3 Å². The third-order valence-electron chi connectivity index (χ3n) is 3.56. The largest absolute Gasteiger partial charge is 0.493 e. The van der Waals surface area contributed by atoms with Gasteiger partial charge in [-0.1, -0.05) is 34.1 Å². The molecule has 0 saturated carbocycles. The third-order valence-corrected chi connectivity index (χ3v) is 4.09. The number of rotatable bonds is 7. The Kier molecular flexibility index (Phi) is 5.85. The molecule has 6 heteroatoms. The average Bonchev–Trinajstić information content (AvgIpc) is 3.11. The number of carbonyl (C=O) groups excluding carboxylic acids is 1. The molecule has 0 bridgehead atoms. The molecular formula is C19H18BrN3O2. The van der Waals surface area contributed by atoms with Crippen molar-refractivity contribution in [3.05, 3.63) is 77.0 Å². The number of hydrogen-bond donors (Lipinski definition) is 1. The van der Waals surface area contributed by atoms with E-state index >= 15 is 0 Å². The Morgan fingerprint density at radius 2 is 1.88 bits per heavy atom. The van der Waals surface area contributed by atoms with Gasteiger partial charge < -0.3 is 10.1 Å². The number of aromatic nitrogens is 2. The summed E-state index contributed by atoms with van der Waals surface area (Å²) in [7, 11) is 0. The molecule has 0 atom stereocenters. The molecule has 1 aromatic heterocycles. The van der Waals surface area contributed by atoms with Gasteiger partial charge in [0.25, 0.3) is 0 Å². The van der Waals surface area contributed by atoms with Gasteiger partial charge in [0.2, 0.25) is 5.91 Å². The van der Waals surface area contributed by atoms with Gasteiger partial charge in [-0.3, -0.25) is 4.79 Å². The lowest BCUT2D eigenvalue weighted by atomic mass is 10.3. The maximum atomic E-state index is 11.9. The molecule has 0 radical (unpaired) electrons. The molecule has 0 spiro atoms. The Balaban J connectivity index is 1.42. The van der Waals surface area contributed by atoms with Gasteiger partial charge in [0.15, 0.2) is 0 Å². The van der Waals surface area contributed by atoms with Crippen molar-refractivity contribution in [3.8, 4) is 11.4 Å². The first-order chi connectivity index (χ1) is 12.2. The van der Waals surface area contributed by atoms with Crippen molar-refractivity contribution >= 4 is 21.8 Å². The molecule has 0 saturated heterocycles. The maximum Gasteiger partial charge on any atom is 0.223 e. The number of para-hydroxylation sites is 1. The van der Waals surface area contributed by atoms with E-state index in [0.717, 1.165) is 21.5 Å². The monoisotopic (exact) mass is 399 g/mol. The normalized spacial score (nSPS) is 10.4. The lowest BCUT2D eigenvalue weighted by Crippen LogP contribution is -2.24. The molecule has 0 aliphatic rings. The summed E-state index contributed by atoms with van der Waals surface area (Å²) in [5.74, 6) is 0.699. The molecule has 128 valence electrons. The fraction of sp³-hybridized carbons (Fsp3) is 0.158. The van der Waals surface area contributed by atoms with Crippen molar-refractivity contribution in [3.63, 3.8) is 0 Å². The highest BCUT2D eigenvalue weighted by Crippen LogP contribution is 2.16. The van der Waals surface area contributed by atoms with Gasteiger partial charge in [0, 0.05) is 22.8 Å². The first-order valence-electron chi connectivity index (χ1n) is 7.95. The summed E-state index contributed by atoms with van der Waals surface area (Å²) in [5, 5.41) is 7.19. The van der Waals surface area contributed by atoms with Crippen LogP contribution in [0.3, 0.4) is 0 Å². The highest BCUT2D eigenvalue weighted by Gasteiger charge is 2.05. The van der Waals surface area contributed by atoms with Crippen molar-refractivity contribution in [1.29, 1.82) is 0 Å². The van der Waals surface area contributed by atoms with Gasteiger partial charge in [-0.05, 0) is 36.4 Å². The number of hydrogen-bond acceptors (Lipinski definition) is 3. The fourth-order valence-corrected chi connectivity index (χ4v) is 2.52. The van der Waals surface area contributed by atoms with Crippen LogP contribution in [-0.4, -0.2) is 22.3 Å². The van der Waals surface area contributed by atoms with E-state index in [1.54, 1.807) is 10.9 Å². The second-order valence-corrected chi connectivity index (χ2v) is 6.37. The highest BCUT2D eigenvalue weighted by molar-refractivity contribution is 9.10. The van der Waals surface area contributed by atoms with E-state index in [2.05, 4.69) is 26.3 Å². The molecule has 1 N–H and O–H groups in total. The number of halogens is 1. The smallest absolute Gasteiger partial charge is 0.223 e. The summed E-state index contributed by atoms with van der Waals surface area (Å²) >= 11 is 3.37. The zero-order valence-electron chi connectivity index (χ0n) is 13.6. The molecule has 3 rings (SSSR count). The van der Waals surface area contributed by atoms with Crippen LogP contribution in [0.5, 0.6) is 5.75 Å². The first kappa shape index (κ1) is 17.2. The van der Waals surface area contributed by atoms with Crippen LogP contribution < -0.4 is 10.1 Å². The molecule has 3 aromatic rings. The van der Waals surface area contributed by atoms with E-state index in [0.29, 0.717) is 19.6 Å². The fourth-order valence-electron chi connectivity index (χ4n) is 2.25. The molecule has 1 amide bonds. The second kappa shape index (κ2) is 8.48. The Morgan fingerprint density at radius 3 is 2.64 bits per heavy atom. The predicted octanol–water partition coefficient (Wildman–Crippen LogP) is 3.72. The number of carbonyl (C=O) groups is 1. The quantitative estimate of drug-likeness (QED) is 0.658. The SMILES string of the molecule is O=C(CCOc1ccc(Br)cc1)NCc1cnn(-c2ccccc2)c1. The molecule has 25 heavy (non-hydrogen) atoms. The standard InChI is InChI=1S/C19H18BrN3O2/c20-16-6-8-18(9-7-16)25-11-10-19(24)21-12-15-13-22-23(14-15)17-4-2-1-3-5-17/h1-9,13-14H,10-12H2,(H,21,24). The Morgan fingerprint density at radius 1 is 1.12 bits per heavy atom. The molecule has 2 aromatic carbocycles. The van der Waals surface area contributed by atoms with Crippen molar-refractivity contribution in [2.45, 2.75) is 13.0 Å². The number of nitrogens with zero attached hydrogens (tertiary/aromatic N) is 2. The zero-order chi connectivity index (χ0) is 17.5. The molecule has 0 fully saturated rings. The number of ether oxygens (including phenoxy) is 1. The second-order valence-electron chi connectivity index (χ2n) is 5.46. The molecule has 0 aliphatic heterocycles. The van der Waals surface area contributed by atoms with Crippen LogP contribution >= 0.6 is 15.9 Å². The van der Waals surface area contributed by atoms with Crippen LogP contribution in [0.15, 0.2) is 71.5 Å². The van der Waals surface area contributed by atoms with E-state index in [4.69, 9.17) is 4.74 Å². The minimum atomic E-state index is -0.0513. The maximum absolute atomic E-state index is 11.9. The lowest BCUT2D eigenvalue weighted by molar-refractivity contribution is -0.121. The summed E-state index contributed by atoms with van der Waals surface area (Å²) in [5.41, 5.74) is 1.94. The van der Waals surface area contributed by atoms with Crippen molar-refractivity contribution in [2.75, 3.05) is 6.61 Å². The van der Waals surface area contributed by atoms with Crippen molar-refractivity contribution < 1.29 is 9.53 Å². The summed E-state index contributed by atoms with van der Waals surface area (Å²) in [6.45, 7) is 0.792. The van der Waals surface area contributed by atoms with Crippen LogP contribution in [0.2, 0.25) is 0 Å². The summed E-state index contributed by atoms with van der Waals surface area (Å²) < 4.78 is 8.33. The number of nitrogens with one attached hydrogen (secondary N) is 1. The summed E-state index contributed by atoms with van der Waals surface area (Å²) in [4.78, 5) is 11.9. The highest BCUT2D eigenvalue weighted by atomic mass is 79.9. The van der Waals surface area contributed by atoms with Gasteiger partial charge in [-0.2, -0.15) is 5.10 Å². The van der Waals surface area contributed by atoms with Gasteiger partial charge in [0.1, 0.15) is 5.75 Å². The minimum Gasteiger partial charge on any atom is -0.493 e. The predicted molar refractivity (Wildman–Crippen MR) is 99.7 cm³/mol. The van der Waals surface area contributed by atoms with E-state index < -0.39 is 0 Å². The van der Waals surface area contributed by atoms with Gasteiger partial charge in [0.05, 0.1) is 24.9 Å². The molecular weight excluding hydrogens is 382 g/mol. The first-order valence-corrected chi connectivity index (χ1v) is 8.74. The van der Waals surface area contributed by atoms with Crippen LogP contribution in [0, 0.1) is 0 Å². The van der Waals surface area contributed by atoms with Crippen LogP contribution in [0.25, 0.3) is 5.69 Å². The van der Waals surface area contributed by atoms with Crippen LogP contribution in [0.4, 0.5) is 0 Å². The Labute approximate surface area is 154 Å². The molecule has 0 unspecified atom stereocenters. The van der Waals surface area contributed by atoms with Crippen molar-refractivity contribution in [1.82, 2.24) is 15.1 Å². The molecule has 1 heterocycles. The van der Waals surface area contributed by atoms with E-state index in [9.17, 15) is 4.79 Å². The number of benzene rings is 2. The van der Waals surface area contributed by atoms with E-state index in [1.165, 1.54) is 0 Å². The minimum absolute atomic E-state index is 0.0513. The van der Waals surface area contributed by atoms with Gasteiger partial charge in [-0.25, -0.2) is 4.68 Å². The van der Waals surface area contributed by atoms with Gasteiger partial charge >= 0.3 is 0 Å². The number of amides is 1. The van der Waals surface area contributed by atoms with Crippen molar-refractivity contribution in [2.24, 2.45) is 0 Å². The lowest BCUT2D eigenvalue weighted by Gasteiger charge is -2.06. The third kappa shape index (κ3) is 5.19. The Bertz CT molecular complexity index is 816. The Hall–Kier alpha value is -2.60. The van der Waals surface area contributed by atoms with E-state index in [-0.39, 0.29) is 5.91 Å². The topological polar surface area (TPSA) is 56.1 Å². The molecule has 0 aliphatic carbocycles. The van der Waals surface area contributed by atoms with E-state index in [1.807, 2.05) is 60.8 Å². The summed E-state index contributed by atoms with van der Waals surface area (Å²) in [6.07, 6.45) is 3.97. The van der Waals surface area contributed by atoms with Gasteiger partial charge in [-0.15, -0.1) is 0 Å². The van der Waals surface area contributed by atoms with Crippen LogP contribution in [0.1, 0.15) is 12.0 Å². The zero-order valence-corrected chi connectivity index (χ0v) is 15.1.